The van der Waals surface area contributed by atoms with E-state index in [1.165, 1.54) is 0 Å². The van der Waals surface area contributed by atoms with Crippen molar-refractivity contribution < 1.29 is 9.32 Å². The van der Waals surface area contributed by atoms with Crippen LogP contribution >= 0.6 is 11.6 Å². The summed E-state index contributed by atoms with van der Waals surface area (Å²) in [6.45, 7) is 7.93. The minimum absolute atomic E-state index is 0.0334. The van der Waals surface area contributed by atoms with Crippen LogP contribution in [0.4, 0.5) is 5.69 Å². The first kappa shape index (κ1) is 21.8. The van der Waals surface area contributed by atoms with Crippen molar-refractivity contribution in [2.45, 2.75) is 46.1 Å². The van der Waals surface area contributed by atoms with Gasteiger partial charge in [-0.2, -0.15) is 0 Å². The average Bonchev–Trinajstić information content (AvgIpc) is 3.14. The van der Waals surface area contributed by atoms with Crippen LogP contribution in [0.5, 0.6) is 0 Å². The third-order valence-electron chi connectivity index (χ3n) is 3.91. The second kappa shape index (κ2) is 11.3. The zero-order valence-electron chi connectivity index (χ0n) is 16.6. The highest BCUT2D eigenvalue weighted by Crippen LogP contribution is 2.15. The minimum Gasteiger partial charge on any atom is -0.359 e. The van der Waals surface area contributed by atoms with Crippen molar-refractivity contribution in [1.82, 2.24) is 15.8 Å². The fourth-order valence-electron chi connectivity index (χ4n) is 2.39. The third-order valence-corrected chi connectivity index (χ3v) is 4.16. The van der Waals surface area contributed by atoms with Crippen LogP contribution in [0.15, 0.2) is 39.8 Å². The Kier molecular flexibility index (Phi) is 8.81. The number of rotatable bonds is 9. The number of carbonyl (C=O) groups is 1. The second-order valence-electron chi connectivity index (χ2n) is 6.65. The van der Waals surface area contributed by atoms with Crippen LogP contribution < -0.4 is 16.0 Å². The van der Waals surface area contributed by atoms with Crippen molar-refractivity contribution in [3.8, 4) is 0 Å². The molecule has 0 aliphatic heterocycles. The van der Waals surface area contributed by atoms with Crippen molar-refractivity contribution in [1.29, 1.82) is 0 Å². The number of aromatic nitrogens is 1. The molecule has 1 aromatic carbocycles. The standard InChI is InChI=1S/C20H28ClN5O2/c1-4-22-20(24-13-17-12-18(14(2)3)26-28-17)23-11-5-6-19(27)25-16-9-7-15(21)8-10-16/h7-10,12,14H,4-6,11,13H2,1-3H3,(H,25,27)(H2,22,23,24). The first-order valence-electron chi connectivity index (χ1n) is 9.51. The molecule has 0 aliphatic rings. The molecule has 0 bridgehead atoms. The number of benzene rings is 1. The van der Waals surface area contributed by atoms with Crippen LogP contribution in [-0.2, 0) is 11.3 Å². The van der Waals surface area contributed by atoms with Crippen LogP contribution in [0.25, 0.3) is 0 Å². The van der Waals surface area contributed by atoms with E-state index in [-0.39, 0.29) is 5.91 Å². The van der Waals surface area contributed by atoms with Gasteiger partial charge in [-0.25, -0.2) is 4.99 Å². The molecule has 1 heterocycles. The molecule has 0 aliphatic carbocycles. The lowest BCUT2D eigenvalue weighted by Crippen LogP contribution is -2.38. The molecule has 0 radical (unpaired) electrons. The van der Waals surface area contributed by atoms with Gasteiger partial charge in [-0.05, 0) is 43.5 Å². The zero-order valence-corrected chi connectivity index (χ0v) is 17.3. The number of nitrogens with zero attached hydrogens (tertiary/aromatic N) is 2. The number of halogens is 1. The number of hydrogen-bond acceptors (Lipinski definition) is 4. The number of nitrogens with one attached hydrogen (secondary N) is 3. The number of guanidine groups is 1. The molecule has 0 spiro atoms. The van der Waals surface area contributed by atoms with Gasteiger partial charge >= 0.3 is 0 Å². The Hall–Kier alpha value is -2.54. The molecular formula is C20H28ClN5O2. The molecule has 0 fully saturated rings. The molecule has 0 saturated carbocycles. The summed E-state index contributed by atoms with van der Waals surface area (Å²) < 4.78 is 5.30. The number of hydrogen-bond donors (Lipinski definition) is 3. The molecular weight excluding hydrogens is 378 g/mol. The summed E-state index contributed by atoms with van der Waals surface area (Å²) >= 11 is 5.84. The summed E-state index contributed by atoms with van der Waals surface area (Å²) in [7, 11) is 0. The van der Waals surface area contributed by atoms with Crippen LogP contribution in [0, 0.1) is 0 Å². The van der Waals surface area contributed by atoms with Crippen molar-refractivity contribution in [3.63, 3.8) is 0 Å². The highest BCUT2D eigenvalue weighted by molar-refractivity contribution is 6.30. The first-order chi connectivity index (χ1) is 13.5. The summed E-state index contributed by atoms with van der Waals surface area (Å²) in [6.07, 6.45) is 1.10. The summed E-state index contributed by atoms with van der Waals surface area (Å²) in [6, 6.07) is 8.98. The van der Waals surface area contributed by atoms with Gasteiger partial charge in [0.25, 0.3) is 0 Å². The van der Waals surface area contributed by atoms with Gasteiger partial charge in [0.1, 0.15) is 6.54 Å². The van der Waals surface area contributed by atoms with Gasteiger partial charge < -0.3 is 20.5 Å². The van der Waals surface area contributed by atoms with Gasteiger partial charge in [0.2, 0.25) is 5.91 Å². The van der Waals surface area contributed by atoms with Gasteiger partial charge in [-0.15, -0.1) is 0 Å². The Balaban J connectivity index is 1.74. The SMILES string of the molecule is CCNC(=NCc1cc(C(C)C)no1)NCCCC(=O)Nc1ccc(Cl)cc1. The Bertz CT molecular complexity index is 771. The van der Waals surface area contributed by atoms with E-state index in [0.717, 1.165) is 23.7 Å². The van der Waals surface area contributed by atoms with E-state index in [4.69, 9.17) is 16.1 Å². The number of aliphatic imine (C=N–C) groups is 1. The molecule has 28 heavy (non-hydrogen) atoms. The molecule has 3 N–H and O–H groups in total. The number of carbonyl (C=O) groups excluding carboxylic acids is 1. The van der Waals surface area contributed by atoms with Crippen molar-refractivity contribution in [2.75, 3.05) is 18.4 Å². The lowest BCUT2D eigenvalue weighted by molar-refractivity contribution is -0.116. The zero-order chi connectivity index (χ0) is 20.4. The number of anilines is 1. The van der Waals surface area contributed by atoms with E-state index < -0.39 is 0 Å². The summed E-state index contributed by atoms with van der Waals surface area (Å²) in [5.41, 5.74) is 1.67. The molecule has 2 aromatic rings. The number of amides is 1. The van der Waals surface area contributed by atoms with Crippen LogP contribution in [0.2, 0.25) is 5.02 Å². The van der Waals surface area contributed by atoms with Crippen LogP contribution in [0.3, 0.4) is 0 Å². The topological polar surface area (TPSA) is 91.6 Å². The molecule has 8 heteroatoms. The Morgan fingerprint density at radius 1 is 1.25 bits per heavy atom. The third kappa shape index (κ3) is 7.60. The van der Waals surface area contributed by atoms with Crippen molar-refractivity contribution in [2.24, 2.45) is 4.99 Å². The largest absolute Gasteiger partial charge is 0.359 e. The van der Waals surface area contributed by atoms with Crippen LogP contribution in [0.1, 0.15) is 51.0 Å². The molecule has 0 saturated heterocycles. The highest BCUT2D eigenvalue weighted by Gasteiger charge is 2.08. The van der Waals surface area contributed by atoms with Gasteiger partial charge in [-0.1, -0.05) is 30.6 Å². The quantitative estimate of drug-likeness (QED) is 0.334. The fraction of sp³-hybridized carbons (Fsp3) is 0.450. The lowest BCUT2D eigenvalue weighted by atomic mass is 10.1. The normalized spacial score (nSPS) is 11.5. The molecule has 7 nitrogen and oxygen atoms in total. The van der Waals surface area contributed by atoms with E-state index >= 15 is 0 Å². The first-order valence-corrected chi connectivity index (χ1v) is 9.88. The minimum atomic E-state index is -0.0334. The Morgan fingerprint density at radius 3 is 2.64 bits per heavy atom. The summed E-state index contributed by atoms with van der Waals surface area (Å²) in [4.78, 5) is 16.5. The van der Waals surface area contributed by atoms with Crippen LogP contribution in [-0.4, -0.2) is 30.1 Å². The van der Waals surface area contributed by atoms with Gasteiger partial charge in [0.15, 0.2) is 11.7 Å². The van der Waals surface area contributed by atoms with E-state index in [0.29, 0.717) is 42.8 Å². The van der Waals surface area contributed by atoms with E-state index in [9.17, 15) is 4.79 Å². The van der Waals surface area contributed by atoms with Crippen molar-refractivity contribution in [3.05, 3.63) is 46.8 Å². The van der Waals surface area contributed by atoms with E-state index in [1.807, 2.05) is 13.0 Å². The molecule has 0 unspecified atom stereocenters. The highest BCUT2D eigenvalue weighted by atomic mass is 35.5. The van der Waals surface area contributed by atoms with E-state index in [2.05, 4.69) is 39.9 Å². The molecule has 1 aromatic heterocycles. The Morgan fingerprint density at radius 2 is 2.00 bits per heavy atom. The van der Waals surface area contributed by atoms with Gasteiger partial charge in [0, 0.05) is 36.3 Å². The maximum atomic E-state index is 12.0. The van der Waals surface area contributed by atoms with Crippen molar-refractivity contribution >= 4 is 29.2 Å². The van der Waals surface area contributed by atoms with Gasteiger partial charge in [0.05, 0.1) is 5.69 Å². The lowest BCUT2D eigenvalue weighted by Gasteiger charge is -2.11. The average molecular weight is 406 g/mol. The monoisotopic (exact) mass is 405 g/mol. The fourth-order valence-corrected chi connectivity index (χ4v) is 2.51. The summed E-state index contributed by atoms with van der Waals surface area (Å²) in [5.74, 6) is 1.70. The predicted molar refractivity (Wildman–Crippen MR) is 113 cm³/mol. The molecule has 2 rings (SSSR count). The van der Waals surface area contributed by atoms with Gasteiger partial charge in [-0.3, -0.25) is 4.79 Å². The summed E-state index contributed by atoms with van der Waals surface area (Å²) in [5, 5.41) is 13.9. The Labute approximate surface area is 170 Å². The smallest absolute Gasteiger partial charge is 0.224 e. The molecule has 0 atom stereocenters. The molecule has 1 amide bonds. The maximum absolute atomic E-state index is 12.0. The van der Waals surface area contributed by atoms with E-state index in [1.54, 1.807) is 24.3 Å². The second-order valence-corrected chi connectivity index (χ2v) is 7.09. The molecule has 152 valence electrons. The predicted octanol–water partition coefficient (Wildman–Crippen LogP) is 3.93. The maximum Gasteiger partial charge on any atom is 0.224 e.